The summed E-state index contributed by atoms with van der Waals surface area (Å²) < 4.78 is 12.6. The summed E-state index contributed by atoms with van der Waals surface area (Å²) in [6, 6.07) is 16.6. The lowest BCUT2D eigenvalue weighted by molar-refractivity contribution is 0.0761. The van der Waals surface area contributed by atoms with Gasteiger partial charge in [-0.15, -0.1) is 0 Å². The van der Waals surface area contributed by atoms with E-state index in [4.69, 9.17) is 36.7 Å². The number of allylic oxidation sites excluding steroid dienone is 2. The summed E-state index contributed by atoms with van der Waals surface area (Å²) in [6.07, 6.45) is 5.33. The van der Waals surface area contributed by atoms with Crippen LogP contribution in [0.1, 0.15) is 17.0 Å². The van der Waals surface area contributed by atoms with E-state index in [0.29, 0.717) is 34.3 Å². The molecule has 10 nitrogen and oxygen atoms in total. The molecule has 0 spiro atoms. The third-order valence-electron chi connectivity index (χ3n) is 6.74. The standard InChI is InChI=1S/C28H22N8O2/c29-25(30)13-1-5-17-19(9-13)35-27(33-17)15-3-7-21-23(11-15)38-24-12-16(4-8-22(24)37-21)28-34-18-6-2-14(26(31)32)10-20(18)36-28/h1-12,21,23H,(H3,29,30)(H3,31,32)(H,33,35)(H,34,36). The molecule has 0 amide bonds. The van der Waals surface area contributed by atoms with Gasteiger partial charge in [-0.25, -0.2) is 9.97 Å². The van der Waals surface area contributed by atoms with Gasteiger partial charge >= 0.3 is 0 Å². The Kier molecular flexibility index (Phi) is 4.64. The first-order valence-corrected chi connectivity index (χ1v) is 12.0. The summed E-state index contributed by atoms with van der Waals surface area (Å²) in [5, 5.41) is 15.3. The van der Waals surface area contributed by atoms with Crippen molar-refractivity contribution in [3.63, 3.8) is 0 Å². The van der Waals surface area contributed by atoms with Crippen LogP contribution in [-0.4, -0.2) is 43.8 Å². The van der Waals surface area contributed by atoms with Gasteiger partial charge in [0.1, 0.15) is 23.3 Å². The molecule has 186 valence electrons. The van der Waals surface area contributed by atoms with Gasteiger partial charge in [0, 0.05) is 22.3 Å². The van der Waals surface area contributed by atoms with Crippen molar-refractivity contribution in [3.8, 4) is 22.9 Å². The van der Waals surface area contributed by atoms with Crippen LogP contribution in [0.5, 0.6) is 11.5 Å². The number of benzene rings is 3. The topological polar surface area (TPSA) is 176 Å². The number of fused-ring (bicyclic) bond motifs is 4. The van der Waals surface area contributed by atoms with Crippen molar-refractivity contribution in [2.45, 2.75) is 12.2 Å². The Hall–Kier alpha value is -5.38. The van der Waals surface area contributed by atoms with E-state index in [1.54, 1.807) is 12.1 Å². The summed E-state index contributed by atoms with van der Waals surface area (Å²) in [7, 11) is 0. The zero-order chi connectivity index (χ0) is 26.0. The van der Waals surface area contributed by atoms with Crippen LogP contribution in [0.4, 0.5) is 0 Å². The molecule has 0 saturated heterocycles. The van der Waals surface area contributed by atoms with Crippen LogP contribution in [0.25, 0.3) is 39.0 Å². The number of nitrogen functional groups attached to an aromatic ring is 2. The van der Waals surface area contributed by atoms with Gasteiger partial charge in [0.15, 0.2) is 23.7 Å². The number of H-pyrrole nitrogens is 2. The van der Waals surface area contributed by atoms with Gasteiger partial charge in [0.05, 0.1) is 22.1 Å². The molecule has 0 fully saturated rings. The summed E-state index contributed by atoms with van der Waals surface area (Å²) in [6.45, 7) is 0. The number of aromatic nitrogens is 4. The number of hydrogen-bond donors (Lipinski definition) is 6. The quantitative estimate of drug-likeness (QED) is 0.161. The van der Waals surface area contributed by atoms with Crippen LogP contribution in [0.2, 0.25) is 0 Å². The minimum atomic E-state index is -0.340. The molecule has 1 aliphatic carbocycles. The Morgan fingerprint density at radius 2 is 1.37 bits per heavy atom. The molecule has 38 heavy (non-hydrogen) atoms. The minimum absolute atomic E-state index is 0.00866. The van der Waals surface area contributed by atoms with Crippen molar-refractivity contribution >= 4 is 39.3 Å². The van der Waals surface area contributed by atoms with Crippen molar-refractivity contribution in [1.82, 2.24) is 19.9 Å². The molecule has 0 radical (unpaired) electrons. The van der Waals surface area contributed by atoms with E-state index in [1.807, 2.05) is 60.7 Å². The lowest BCUT2D eigenvalue weighted by Gasteiger charge is -2.33. The predicted molar refractivity (Wildman–Crippen MR) is 146 cm³/mol. The molecule has 2 unspecified atom stereocenters. The highest BCUT2D eigenvalue weighted by atomic mass is 16.6. The smallest absolute Gasteiger partial charge is 0.163 e. The number of nitrogens with one attached hydrogen (secondary N) is 4. The van der Waals surface area contributed by atoms with Gasteiger partial charge in [-0.1, -0.05) is 6.08 Å². The van der Waals surface area contributed by atoms with Crippen molar-refractivity contribution in [2.75, 3.05) is 0 Å². The molecule has 2 atom stereocenters. The highest BCUT2D eigenvalue weighted by molar-refractivity contribution is 5.99. The van der Waals surface area contributed by atoms with E-state index in [9.17, 15) is 0 Å². The highest BCUT2D eigenvalue weighted by Gasteiger charge is 2.32. The van der Waals surface area contributed by atoms with Gasteiger partial charge < -0.3 is 30.9 Å². The molecule has 5 aromatic rings. The van der Waals surface area contributed by atoms with Crippen LogP contribution in [0.15, 0.2) is 72.8 Å². The van der Waals surface area contributed by atoms with E-state index in [0.717, 1.165) is 33.2 Å². The molecule has 3 heterocycles. The second kappa shape index (κ2) is 8.07. The molecule has 2 aliphatic rings. The maximum atomic E-state index is 7.67. The summed E-state index contributed by atoms with van der Waals surface area (Å²) in [5.74, 6) is 2.68. The monoisotopic (exact) mass is 502 g/mol. The number of ether oxygens (including phenoxy) is 2. The van der Waals surface area contributed by atoms with Crippen molar-refractivity contribution in [2.24, 2.45) is 11.5 Å². The van der Waals surface area contributed by atoms with Crippen LogP contribution < -0.4 is 20.9 Å². The lowest BCUT2D eigenvalue weighted by atomic mass is 10.0. The Labute approximate surface area is 216 Å². The van der Waals surface area contributed by atoms with Gasteiger partial charge in [-0.3, -0.25) is 10.8 Å². The molecule has 1 aliphatic heterocycles. The molecule has 2 aromatic heterocycles. The fourth-order valence-electron chi connectivity index (χ4n) is 4.77. The van der Waals surface area contributed by atoms with Gasteiger partial charge in [-0.2, -0.15) is 0 Å². The number of rotatable bonds is 4. The summed E-state index contributed by atoms with van der Waals surface area (Å²) in [4.78, 5) is 16.0. The zero-order valence-corrected chi connectivity index (χ0v) is 19.9. The fraction of sp³-hybridized carbons (Fsp3) is 0.0714. The fourth-order valence-corrected chi connectivity index (χ4v) is 4.77. The average molecular weight is 503 g/mol. The minimum Gasteiger partial charge on any atom is -0.478 e. The first kappa shape index (κ1) is 21.9. The maximum Gasteiger partial charge on any atom is 0.163 e. The number of nitrogens with zero attached hydrogens (tertiary/aromatic N) is 2. The van der Waals surface area contributed by atoms with Gasteiger partial charge in [-0.05, 0) is 66.7 Å². The molecular formula is C28H22N8O2. The van der Waals surface area contributed by atoms with E-state index in [2.05, 4.69) is 15.0 Å². The Morgan fingerprint density at radius 1 is 0.737 bits per heavy atom. The Morgan fingerprint density at radius 3 is 2.05 bits per heavy atom. The van der Waals surface area contributed by atoms with Gasteiger partial charge in [0.2, 0.25) is 0 Å². The molecule has 0 bridgehead atoms. The Balaban J connectivity index is 1.19. The van der Waals surface area contributed by atoms with Crippen molar-refractivity contribution in [1.29, 1.82) is 10.8 Å². The number of hydrogen-bond acceptors (Lipinski definition) is 6. The van der Waals surface area contributed by atoms with Crippen LogP contribution in [0.3, 0.4) is 0 Å². The predicted octanol–water partition coefficient (Wildman–Crippen LogP) is 3.84. The summed E-state index contributed by atoms with van der Waals surface area (Å²) in [5.41, 5.74) is 17.4. The maximum absolute atomic E-state index is 7.67. The first-order valence-electron chi connectivity index (χ1n) is 12.0. The molecule has 7 rings (SSSR count). The highest BCUT2D eigenvalue weighted by Crippen LogP contribution is 2.39. The first-order chi connectivity index (χ1) is 18.4. The molecule has 0 saturated carbocycles. The zero-order valence-electron chi connectivity index (χ0n) is 19.9. The third-order valence-corrected chi connectivity index (χ3v) is 6.74. The molecule has 3 aromatic carbocycles. The van der Waals surface area contributed by atoms with E-state index in [1.165, 1.54) is 0 Å². The van der Waals surface area contributed by atoms with Crippen LogP contribution >= 0.6 is 0 Å². The van der Waals surface area contributed by atoms with Crippen LogP contribution in [0, 0.1) is 10.8 Å². The SMILES string of the molecule is N=C(N)c1ccc2nc(C3=CC4Oc5cc(-c6nc7ccc(C(=N)N)cc7[nH]6)ccc5OC4C=C3)[nH]c2c1. The average Bonchev–Trinajstić information content (AvgIpc) is 3.54. The number of aromatic amines is 2. The molecule has 8 N–H and O–H groups in total. The lowest BCUT2D eigenvalue weighted by Crippen LogP contribution is -2.38. The second-order valence-corrected chi connectivity index (χ2v) is 9.27. The summed E-state index contributed by atoms with van der Waals surface area (Å²) >= 11 is 0. The second-order valence-electron chi connectivity index (χ2n) is 9.27. The normalized spacial score (nSPS) is 17.8. The van der Waals surface area contributed by atoms with Crippen molar-refractivity contribution < 1.29 is 9.47 Å². The molecular weight excluding hydrogens is 480 g/mol. The van der Waals surface area contributed by atoms with Crippen LogP contribution in [-0.2, 0) is 0 Å². The van der Waals surface area contributed by atoms with Gasteiger partial charge in [0.25, 0.3) is 0 Å². The van der Waals surface area contributed by atoms with Crippen molar-refractivity contribution in [3.05, 3.63) is 89.8 Å². The number of imidazole rings is 2. The van der Waals surface area contributed by atoms with E-state index in [-0.39, 0.29) is 23.9 Å². The third kappa shape index (κ3) is 3.58. The Bertz CT molecular complexity index is 1860. The van der Waals surface area contributed by atoms with E-state index >= 15 is 0 Å². The number of amidine groups is 2. The molecule has 10 heteroatoms. The number of nitrogens with two attached hydrogens (primary N) is 2. The van der Waals surface area contributed by atoms with E-state index < -0.39 is 0 Å². The largest absolute Gasteiger partial charge is 0.478 e.